The maximum atomic E-state index is 14.8. The lowest BCUT2D eigenvalue weighted by Crippen LogP contribution is -2.60. The lowest BCUT2D eigenvalue weighted by molar-refractivity contribution is -0.0616. The van der Waals surface area contributed by atoms with E-state index in [-0.39, 0.29) is 47.2 Å². The van der Waals surface area contributed by atoms with Crippen LogP contribution < -0.4 is 9.47 Å². The molecule has 2 fully saturated rings. The molecule has 0 spiro atoms. The second kappa shape index (κ2) is 11.3. The highest BCUT2D eigenvalue weighted by Gasteiger charge is 2.38. The highest BCUT2D eigenvalue weighted by molar-refractivity contribution is 5.92. The number of nitrogens with zero attached hydrogens (tertiary/aromatic N) is 6. The number of nitriles is 1. The van der Waals surface area contributed by atoms with E-state index >= 15 is 0 Å². The zero-order chi connectivity index (χ0) is 29.4. The van der Waals surface area contributed by atoms with E-state index in [0.717, 1.165) is 18.6 Å². The van der Waals surface area contributed by atoms with Crippen molar-refractivity contribution in [2.75, 3.05) is 13.2 Å². The molecule has 3 atom stereocenters. The van der Waals surface area contributed by atoms with Crippen LogP contribution in [0.15, 0.2) is 42.6 Å². The minimum atomic E-state index is -1.21. The van der Waals surface area contributed by atoms with Crippen LogP contribution in [-0.4, -0.2) is 66.9 Å². The van der Waals surface area contributed by atoms with Crippen molar-refractivity contribution in [2.24, 2.45) is 0 Å². The van der Waals surface area contributed by atoms with Gasteiger partial charge in [0.2, 0.25) is 5.88 Å². The van der Waals surface area contributed by atoms with Crippen LogP contribution in [0.1, 0.15) is 40.9 Å². The Labute approximate surface area is 238 Å². The Morgan fingerprint density at radius 1 is 1.21 bits per heavy atom. The molecule has 2 saturated heterocycles. The molecule has 11 nitrogen and oxygen atoms in total. The standard InChI is InChI=1S/C29H26F2N6O5/c1-16-24(42-27-4-6-33-25(34-27)15-41-23-3-2-17(11-32)8-20(23)30)13-36(16)14-26-35-28-21(31)9-18(29(38)39)10-22(28)37(26)12-19-5-7-40-19/h2-4,6,8-10,16,19,24H,5,7,12-15H2,1H3,(H,38,39)/t16-,19-,24-/m0/s1. The predicted octanol–water partition coefficient (Wildman–Crippen LogP) is 3.69. The molecule has 2 aromatic carbocycles. The van der Waals surface area contributed by atoms with E-state index in [1.165, 1.54) is 24.4 Å². The monoisotopic (exact) mass is 576 g/mol. The normalized spacial score (nSPS) is 20.0. The number of benzene rings is 2. The molecule has 0 radical (unpaired) electrons. The quantitative estimate of drug-likeness (QED) is 0.298. The van der Waals surface area contributed by atoms with Crippen molar-refractivity contribution in [3.8, 4) is 17.7 Å². The minimum absolute atomic E-state index is 0.0128. The van der Waals surface area contributed by atoms with Gasteiger partial charge in [0, 0.05) is 31.5 Å². The molecule has 4 aromatic rings. The molecule has 216 valence electrons. The van der Waals surface area contributed by atoms with Gasteiger partial charge in [0.1, 0.15) is 24.1 Å². The highest BCUT2D eigenvalue weighted by Crippen LogP contribution is 2.29. The fraction of sp³-hybridized carbons (Fsp3) is 0.345. The third kappa shape index (κ3) is 5.46. The van der Waals surface area contributed by atoms with Gasteiger partial charge in [-0.15, -0.1) is 0 Å². The summed E-state index contributed by atoms with van der Waals surface area (Å²) in [6.45, 7) is 3.98. The Hall–Kier alpha value is -4.67. The van der Waals surface area contributed by atoms with E-state index in [2.05, 4.69) is 19.9 Å². The van der Waals surface area contributed by atoms with Crippen LogP contribution in [0.25, 0.3) is 11.0 Å². The number of carbonyl (C=O) groups is 1. The zero-order valence-corrected chi connectivity index (χ0v) is 22.5. The van der Waals surface area contributed by atoms with Crippen LogP contribution in [0, 0.1) is 23.0 Å². The summed E-state index contributed by atoms with van der Waals surface area (Å²) in [5.41, 5.74) is 0.617. The molecule has 4 heterocycles. The first-order valence-corrected chi connectivity index (χ1v) is 13.4. The van der Waals surface area contributed by atoms with Crippen LogP contribution in [-0.2, 0) is 24.4 Å². The zero-order valence-electron chi connectivity index (χ0n) is 22.5. The van der Waals surface area contributed by atoms with Crippen molar-refractivity contribution in [3.63, 3.8) is 0 Å². The molecule has 6 rings (SSSR count). The van der Waals surface area contributed by atoms with Crippen LogP contribution in [0.3, 0.4) is 0 Å². The molecular weight excluding hydrogens is 550 g/mol. The smallest absolute Gasteiger partial charge is 0.335 e. The first-order valence-electron chi connectivity index (χ1n) is 13.4. The number of rotatable bonds is 10. The third-order valence-corrected chi connectivity index (χ3v) is 7.56. The lowest BCUT2D eigenvalue weighted by Gasteiger charge is -2.45. The summed E-state index contributed by atoms with van der Waals surface area (Å²) >= 11 is 0. The number of carboxylic acids is 1. The number of ether oxygens (including phenoxy) is 3. The molecule has 0 bridgehead atoms. The maximum absolute atomic E-state index is 14.8. The molecule has 0 unspecified atom stereocenters. The Kier molecular flexibility index (Phi) is 7.40. The highest BCUT2D eigenvalue weighted by atomic mass is 19.1. The van der Waals surface area contributed by atoms with Gasteiger partial charge < -0.3 is 23.9 Å². The van der Waals surface area contributed by atoms with Crippen LogP contribution in [0.2, 0.25) is 0 Å². The second-order valence-corrected chi connectivity index (χ2v) is 10.2. The fourth-order valence-electron chi connectivity index (χ4n) is 4.98. The number of carboxylic acid groups (broad SMARTS) is 1. The SMILES string of the molecule is C[C@H]1[C@@H](Oc2ccnc(COc3ccc(C#N)cc3F)n2)CN1Cc1nc2c(F)cc(C(=O)O)cc2n1C[C@@H]1CCO1. The second-order valence-electron chi connectivity index (χ2n) is 10.2. The Morgan fingerprint density at radius 3 is 2.74 bits per heavy atom. The van der Waals surface area contributed by atoms with E-state index in [9.17, 15) is 18.7 Å². The number of hydrogen-bond acceptors (Lipinski definition) is 9. The molecule has 0 amide bonds. The van der Waals surface area contributed by atoms with Crippen molar-refractivity contribution in [2.45, 2.75) is 51.3 Å². The van der Waals surface area contributed by atoms with Crippen molar-refractivity contribution in [1.29, 1.82) is 5.26 Å². The number of fused-ring (bicyclic) bond motifs is 1. The summed E-state index contributed by atoms with van der Waals surface area (Å²) in [4.78, 5) is 26.7. The van der Waals surface area contributed by atoms with Gasteiger partial charge in [-0.3, -0.25) is 4.90 Å². The van der Waals surface area contributed by atoms with Crippen LogP contribution in [0.5, 0.6) is 11.6 Å². The van der Waals surface area contributed by atoms with Crippen molar-refractivity contribution >= 4 is 17.0 Å². The summed E-state index contributed by atoms with van der Waals surface area (Å²) < 4.78 is 48.0. The summed E-state index contributed by atoms with van der Waals surface area (Å²) in [6, 6.07) is 9.85. The molecule has 2 aromatic heterocycles. The van der Waals surface area contributed by atoms with E-state index in [1.807, 2.05) is 17.6 Å². The minimum Gasteiger partial charge on any atom is -0.483 e. The topological polar surface area (TPSA) is 136 Å². The molecule has 42 heavy (non-hydrogen) atoms. The third-order valence-electron chi connectivity index (χ3n) is 7.56. The summed E-state index contributed by atoms with van der Waals surface area (Å²) in [6.07, 6.45) is 2.17. The molecule has 1 N–H and O–H groups in total. The van der Waals surface area contributed by atoms with Crippen LogP contribution in [0.4, 0.5) is 8.78 Å². The van der Waals surface area contributed by atoms with Gasteiger partial charge in [-0.25, -0.2) is 23.5 Å². The van der Waals surface area contributed by atoms with Gasteiger partial charge in [-0.1, -0.05) is 0 Å². The average Bonchev–Trinajstić information content (AvgIpc) is 3.31. The number of likely N-dealkylation sites (tertiary alicyclic amines) is 1. The lowest BCUT2D eigenvalue weighted by atomic mass is 10.0. The van der Waals surface area contributed by atoms with Gasteiger partial charge in [-0.05, 0) is 43.7 Å². The Balaban J connectivity index is 1.12. The predicted molar refractivity (Wildman–Crippen MR) is 143 cm³/mol. The number of imidazole rings is 1. The average molecular weight is 577 g/mol. The van der Waals surface area contributed by atoms with Crippen molar-refractivity contribution in [1.82, 2.24) is 24.4 Å². The molecule has 2 aliphatic rings. The van der Waals surface area contributed by atoms with Gasteiger partial charge >= 0.3 is 5.97 Å². The molecular formula is C29H26F2N6O5. The maximum Gasteiger partial charge on any atom is 0.335 e. The molecule has 2 aliphatic heterocycles. The van der Waals surface area contributed by atoms with E-state index in [0.29, 0.717) is 49.3 Å². The van der Waals surface area contributed by atoms with E-state index < -0.39 is 17.6 Å². The number of hydrogen-bond donors (Lipinski definition) is 1. The van der Waals surface area contributed by atoms with Gasteiger partial charge in [0.15, 0.2) is 23.2 Å². The van der Waals surface area contributed by atoms with E-state index in [1.54, 1.807) is 6.07 Å². The van der Waals surface area contributed by atoms with Crippen LogP contribution >= 0.6 is 0 Å². The number of aromatic carboxylic acids is 1. The number of aromatic nitrogens is 4. The fourth-order valence-corrected chi connectivity index (χ4v) is 4.98. The molecule has 13 heteroatoms. The summed E-state index contributed by atoms with van der Waals surface area (Å²) in [5, 5.41) is 18.3. The van der Waals surface area contributed by atoms with Gasteiger partial charge in [0.05, 0.1) is 41.9 Å². The van der Waals surface area contributed by atoms with E-state index in [4.69, 9.17) is 19.5 Å². The Bertz CT molecular complexity index is 1700. The first-order chi connectivity index (χ1) is 20.3. The van der Waals surface area contributed by atoms with Crippen molar-refractivity contribution < 1.29 is 32.9 Å². The Morgan fingerprint density at radius 2 is 2.05 bits per heavy atom. The van der Waals surface area contributed by atoms with Gasteiger partial charge in [-0.2, -0.15) is 10.2 Å². The number of halogens is 2. The first kappa shape index (κ1) is 27.5. The van der Waals surface area contributed by atoms with Gasteiger partial charge in [0.25, 0.3) is 0 Å². The molecule has 0 saturated carbocycles. The van der Waals surface area contributed by atoms with Crippen molar-refractivity contribution in [3.05, 3.63) is 77.0 Å². The molecule has 0 aliphatic carbocycles. The summed E-state index contributed by atoms with van der Waals surface area (Å²) in [5.74, 6) is -1.29. The largest absolute Gasteiger partial charge is 0.483 e. The summed E-state index contributed by atoms with van der Waals surface area (Å²) in [7, 11) is 0.